The molecule has 2 unspecified atom stereocenters. The van der Waals surface area contributed by atoms with Crippen molar-refractivity contribution < 1.29 is 4.74 Å². The second kappa shape index (κ2) is 3.90. The number of hydrogen-bond donors (Lipinski definition) is 2. The van der Waals surface area contributed by atoms with E-state index < -0.39 is 17.1 Å². The molecule has 2 atom stereocenters. The van der Waals surface area contributed by atoms with E-state index in [0.717, 1.165) is 0 Å². The van der Waals surface area contributed by atoms with E-state index in [9.17, 15) is 10.5 Å². The molecule has 2 aliphatic heterocycles. The highest BCUT2D eigenvalue weighted by molar-refractivity contribution is 6.30. The van der Waals surface area contributed by atoms with Crippen LogP contribution in [0.1, 0.15) is 26.7 Å². The van der Waals surface area contributed by atoms with Crippen molar-refractivity contribution in [3.8, 4) is 12.1 Å². The van der Waals surface area contributed by atoms with Crippen LogP contribution < -0.4 is 5.32 Å². The van der Waals surface area contributed by atoms with Gasteiger partial charge in [-0.1, -0.05) is 25.4 Å². The van der Waals surface area contributed by atoms with Crippen LogP contribution in [-0.4, -0.2) is 12.1 Å². The Morgan fingerprint density at radius 1 is 1.44 bits per heavy atom. The topological polar surface area (TPSA) is 92.7 Å². The average Bonchev–Trinajstić information content (AvgIpc) is 2.53. The molecule has 2 aliphatic rings. The summed E-state index contributed by atoms with van der Waals surface area (Å²) in [5.41, 5.74) is -1.89. The molecule has 18 heavy (non-hydrogen) atoms. The molecular formula is C12H13ClN4O. The van der Waals surface area contributed by atoms with Crippen LogP contribution in [0.2, 0.25) is 0 Å². The number of hydrogen-bond acceptors (Lipinski definition) is 5. The summed E-state index contributed by atoms with van der Waals surface area (Å²) < 4.78 is 5.45. The SMILES string of the molecule is CCC1(CC)C2NC(Cl)=C(C#N)C1(C#N)C(=N)O2. The third-order valence-corrected chi connectivity index (χ3v) is 4.52. The highest BCUT2D eigenvalue weighted by Gasteiger charge is 2.70. The van der Waals surface area contributed by atoms with Crippen LogP contribution in [0, 0.1) is 38.9 Å². The Hall–Kier alpha value is -1.72. The van der Waals surface area contributed by atoms with Crippen LogP contribution in [0.5, 0.6) is 0 Å². The molecule has 0 radical (unpaired) electrons. The van der Waals surface area contributed by atoms with Gasteiger partial charge in [0.05, 0.1) is 17.1 Å². The number of nitrogens with zero attached hydrogens (tertiary/aromatic N) is 2. The van der Waals surface area contributed by atoms with E-state index in [-0.39, 0.29) is 16.6 Å². The lowest BCUT2D eigenvalue weighted by Crippen LogP contribution is -2.54. The quantitative estimate of drug-likeness (QED) is 0.748. The Morgan fingerprint density at radius 3 is 2.50 bits per heavy atom. The van der Waals surface area contributed by atoms with Gasteiger partial charge in [-0.3, -0.25) is 5.41 Å². The maximum absolute atomic E-state index is 9.61. The van der Waals surface area contributed by atoms with Gasteiger partial charge in [-0.15, -0.1) is 0 Å². The zero-order valence-electron chi connectivity index (χ0n) is 10.2. The molecule has 0 aliphatic carbocycles. The van der Waals surface area contributed by atoms with Gasteiger partial charge in [-0.25, -0.2) is 0 Å². The van der Waals surface area contributed by atoms with Crippen LogP contribution in [0.4, 0.5) is 0 Å². The molecule has 94 valence electrons. The van der Waals surface area contributed by atoms with E-state index in [1.54, 1.807) is 0 Å². The standard InChI is InChI=1S/C12H13ClN4O/c1-3-11(4-2)10-17-8(13)7(5-14)12(11,6-15)9(16)18-10/h10,16-17H,3-4H2,1-2H3. The summed E-state index contributed by atoms with van der Waals surface area (Å²) in [7, 11) is 0. The lowest BCUT2D eigenvalue weighted by Gasteiger charge is -2.43. The van der Waals surface area contributed by atoms with E-state index in [4.69, 9.17) is 21.7 Å². The summed E-state index contributed by atoms with van der Waals surface area (Å²) in [6.07, 6.45) is 0.711. The fourth-order valence-corrected chi connectivity index (χ4v) is 3.41. The van der Waals surface area contributed by atoms with Crippen LogP contribution >= 0.6 is 11.6 Å². The van der Waals surface area contributed by atoms with Gasteiger partial charge in [-0.2, -0.15) is 10.5 Å². The minimum Gasteiger partial charge on any atom is -0.455 e. The number of nitriles is 2. The normalized spacial score (nSPS) is 32.3. The van der Waals surface area contributed by atoms with E-state index in [0.29, 0.717) is 12.8 Å². The van der Waals surface area contributed by atoms with Gasteiger partial charge in [0.1, 0.15) is 11.2 Å². The fraction of sp³-hybridized carbons (Fsp3) is 0.583. The summed E-state index contributed by atoms with van der Waals surface area (Å²) in [6, 6.07) is 4.10. The monoisotopic (exact) mass is 264 g/mol. The van der Waals surface area contributed by atoms with Gasteiger partial charge in [0.2, 0.25) is 5.90 Å². The molecule has 0 aromatic heterocycles. The molecule has 5 nitrogen and oxygen atoms in total. The Kier molecular flexibility index (Phi) is 2.76. The van der Waals surface area contributed by atoms with Crippen molar-refractivity contribution >= 4 is 17.5 Å². The van der Waals surface area contributed by atoms with Gasteiger partial charge in [-0.05, 0) is 12.8 Å². The minimum absolute atomic E-state index is 0.0918. The first-order valence-electron chi connectivity index (χ1n) is 5.77. The molecule has 0 saturated carbocycles. The summed E-state index contributed by atoms with van der Waals surface area (Å²) in [6.45, 7) is 3.86. The predicted molar refractivity (Wildman–Crippen MR) is 65.3 cm³/mol. The number of fused-ring (bicyclic) bond motifs is 2. The third-order valence-electron chi connectivity index (χ3n) is 4.22. The maximum Gasteiger partial charge on any atom is 0.209 e. The zero-order valence-corrected chi connectivity index (χ0v) is 10.9. The third kappa shape index (κ3) is 1.08. The summed E-state index contributed by atoms with van der Waals surface area (Å²) in [5.74, 6) is -0.182. The molecule has 0 spiro atoms. The highest BCUT2D eigenvalue weighted by Crippen LogP contribution is 2.60. The summed E-state index contributed by atoms with van der Waals surface area (Å²) in [4.78, 5) is 0. The van der Waals surface area contributed by atoms with Crippen molar-refractivity contribution in [1.82, 2.24) is 5.32 Å². The van der Waals surface area contributed by atoms with Gasteiger partial charge in [0.15, 0.2) is 11.6 Å². The van der Waals surface area contributed by atoms with Crippen molar-refractivity contribution in [3.05, 3.63) is 10.7 Å². The van der Waals surface area contributed by atoms with E-state index in [1.807, 2.05) is 19.9 Å². The van der Waals surface area contributed by atoms with Gasteiger partial charge in [0, 0.05) is 0 Å². The second-order valence-corrected chi connectivity index (χ2v) is 4.88. The van der Waals surface area contributed by atoms with Crippen molar-refractivity contribution in [3.63, 3.8) is 0 Å². The van der Waals surface area contributed by atoms with Crippen LogP contribution in [0.15, 0.2) is 10.7 Å². The number of rotatable bonds is 2. The lowest BCUT2D eigenvalue weighted by molar-refractivity contribution is 0.0296. The molecule has 2 N–H and O–H groups in total. The molecule has 2 rings (SSSR count). The maximum atomic E-state index is 9.61. The van der Waals surface area contributed by atoms with Crippen molar-refractivity contribution in [2.45, 2.75) is 32.9 Å². The average molecular weight is 265 g/mol. The van der Waals surface area contributed by atoms with E-state index >= 15 is 0 Å². The first-order valence-corrected chi connectivity index (χ1v) is 6.15. The van der Waals surface area contributed by atoms with Gasteiger partial charge in [0.25, 0.3) is 0 Å². The summed E-state index contributed by atoms with van der Waals surface area (Å²) >= 11 is 6.01. The van der Waals surface area contributed by atoms with Gasteiger partial charge >= 0.3 is 0 Å². The molecule has 1 fully saturated rings. The molecule has 6 heteroatoms. The largest absolute Gasteiger partial charge is 0.455 e. The molecular weight excluding hydrogens is 252 g/mol. The van der Waals surface area contributed by atoms with E-state index in [1.165, 1.54) is 0 Å². The molecule has 2 heterocycles. The van der Waals surface area contributed by atoms with Crippen LogP contribution in [0.25, 0.3) is 0 Å². The van der Waals surface area contributed by atoms with Crippen molar-refractivity contribution in [2.24, 2.45) is 10.8 Å². The minimum atomic E-state index is -1.36. The lowest BCUT2D eigenvalue weighted by atomic mass is 9.57. The molecule has 0 amide bonds. The molecule has 2 bridgehead atoms. The first-order chi connectivity index (χ1) is 8.53. The van der Waals surface area contributed by atoms with Crippen molar-refractivity contribution in [2.75, 3.05) is 0 Å². The van der Waals surface area contributed by atoms with Crippen LogP contribution in [0.3, 0.4) is 0 Å². The fourth-order valence-electron chi connectivity index (χ4n) is 3.13. The Morgan fingerprint density at radius 2 is 2.06 bits per heavy atom. The Bertz CT molecular complexity index is 523. The Labute approximate surface area is 110 Å². The highest BCUT2D eigenvalue weighted by atomic mass is 35.5. The smallest absolute Gasteiger partial charge is 0.209 e. The first kappa shape index (κ1) is 12.7. The van der Waals surface area contributed by atoms with Crippen LogP contribution in [-0.2, 0) is 4.74 Å². The second-order valence-electron chi connectivity index (χ2n) is 4.50. The number of halogens is 1. The zero-order chi connectivity index (χ0) is 13.6. The molecule has 0 aromatic carbocycles. The number of ether oxygens (including phenoxy) is 1. The Balaban J connectivity index is 2.81. The van der Waals surface area contributed by atoms with Gasteiger partial charge < -0.3 is 10.1 Å². The summed E-state index contributed by atoms with van der Waals surface area (Å²) in [5, 5.41) is 29.9. The van der Waals surface area contributed by atoms with E-state index in [2.05, 4.69) is 11.4 Å². The molecule has 0 aromatic rings. The van der Waals surface area contributed by atoms with Crippen molar-refractivity contribution in [1.29, 1.82) is 15.9 Å². The molecule has 1 saturated heterocycles. The number of nitrogens with one attached hydrogen (secondary N) is 2. The predicted octanol–water partition coefficient (Wildman–Crippen LogP) is 2.21.